The second-order valence-corrected chi connectivity index (χ2v) is 10.9. The van der Waals surface area contributed by atoms with Crippen molar-refractivity contribution < 1.29 is 33.1 Å². The van der Waals surface area contributed by atoms with Crippen LogP contribution in [0.5, 0.6) is 0 Å². The van der Waals surface area contributed by atoms with Crippen LogP contribution < -0.4 is 16.0 Å². The minimum absolute atomic E-state index is 0.0947. The number of carbonyl (C=O) groups excluding carboxylic acids is 3. The lowest BCUT2D eigenvalue weighted by atomic mass is 10.0. The van der Waals surface area contributed by atoms with Gasteiger partial charge in [0.1, 0.15) is 11.6 Å². The van der Waals surface area contributed by atoms with Crippen LogP contribution in [0.4, 0.5) is 24.1 Å². The van der Waals surface area contributed by atoms with Crippen molar-refractivity contribution in [3.8, 4) is 0 Å². The molecule has 2 bridgehead atoms. The molecular weight excluding hydrogens is 600 g/mol. The standard InChI is InChI=1S/C31H31F2N7O3.CH2O2/c32-22-5-1-20(2-6-22)18-34-30(42)36-24-9-10-27-26(17-24)28(29(41)39-16-15-38-13-11-25(39)12-14-38)37-40(27)31(43)35-19-21-3-7-23(33)8-4-21;2-1-3/h1-10,17,25H,11-16,18-19H2,(H,35,43)(H2,34,36,42);1H,(H,2,3). The fraction of sp³-hybridized carbons (Fsp3) is 0.281. The monoisotopic (exact) mass is 633 g/mol. The molecule has 12 nitrogen and oxygen atoms in total. The summed E-state index contributed by atoms with van der Waals surface area (Å²) < 4.78 is 27.6. The molecule has 3 aliphatic heterocycles. The van der Waals surface area contributed by atoms with E-state index in [9.17, 15) is 23.2 Å². The van der Waals surface area contributed by atoms with Gasteiger partial charge in [-0.25, -0.2) is 18.4 Å². The average molecular weight is 634 g/mol. The highest BCUT2D eigenvalue weighted by molar-refractivity contribution is 6.08. The van der Waals surface area contributed by atoms with Gasteiger partial charge in [0.25, 0.3) is 12.4 Å². The Bertz CT molecular complexity index is 1700. The van der Waals surface area contributed by atoms with Crippen LogP contribution in [0.25, 0.3) is 10.9 Å². The van der Waals surface area contributed by atoms with E-state index in [0.717, 1.165) is 42.7 Å². The third-order valence-corrected chi connectivity index (χ3v) is 7.97. The molecule has 0 atom stereocenters. The molecule has 3 aromatic carbocycles. The molecule has 3 saturated heterocycles. The van der Waals surface area contributed by atoms with Gasteiger partial charge in [-0.3, -0.25) is 9.59 Å². The second kappa shape index (κ2) is 14.6. The molecule has 4 N–H and O–H groups in total. The van der Waals surface area contributed by atoms with Crippen LogP contribution in [0, 0.1) is 11.6 Å². The minimum Gasteiger partial charge on any atom is -0.483 e. The van der Waals surface area contributed by atoms with Gasteiger partial charge in [-0.1, -0.05) is 24.3 Å². The minimum atomic E-state index is -0.547. The van der Waals surface area contributed by atoms with Crippen LogP contribution >= 0.6 is 0 Å². The molecule has 0 spiro atoms. The van der Waals surface area contributed by atoms with Crippen LogP contribution in [-0.4, -0.2) is 81.3 Å². The molecule has 4 amide bonds. The van der Waals surface area contributed by atoms with Gasteiger partial charge >= 0.3 is 12.1 Å². The summed E-state index contributed by atoms with van der Waals surface area (Å²) in [4.78, 5) is 52.4. The molecule has 14 heteroatoms. The Morgan fingerprint density at radius 2 is 1.43 bits per heavy atom. The lowest BCUT2D eigenvalue weighted by Gasteiger charge is -2.31. The van der Waals surface area contributed by atoms with E-state index in [2.05, 4.69) is 25.9 Å². The van der Waals surface area contributed by atoms with Crippen molar-refractivity contribution in [3.05, 3.63) is 95.2 Å². The highest BCUT2D eigenvalue weighted by Crippen LogP contribution is 2.28. The van der Waals surface area contributed by atoms with E-state index in [1.165, 1.54) is 24.3 Å². The van der Waals surface area contributed by atoms with Gasteiger partial charge in [0.15, 0.2) is 5.69 Å². The number of piperidine rings is 1. The fourth-order valence-electron chi connectivity index (χ4n) is 5.61. The van der Waals surface area contributed by atoms with Crippen molar-refractivity contribution in [2.24, 2.45) is 0 Å². The van der Waals surface area contributed by atoms with Crippen molar-refractivity contribution >= 4 is 41.0 Å². The quantitative estimate of drug-likeness (QED) is 0.235. The Morgan fingerprint density at radius 3 is 2.04 bits per heavy atom. The molecule has 240 valence electrons. The number of benzene rings is 3. The summed E-state index contributed by atoms with van der Waals surface area (Å²) in [6, 6.07) is 15.6. The topological polar surface area (TPSA) is 149 Å². The van der Waals surface area contributed by atoms with Crippen molar-refractivity contribution in [3.63, 3.8) is 0 Å². The Labute approximate surface area is 263 Å². The number of anilines is 1. The van der Waals surface area contributed by atoms with Crippen LogP contribution in [-0.2, 0) is 17.9 Å². The Hall–Kier alpha value is -5.37. The van der Waals surface area contributed by atoms with Crippen molar-refractivity contribution in [2.45, 2.75) is 32.0 Å². The van der Waals surface area contributed by atoms with E-state index >= 15 is 0 Å². The number of rotatable bonds is 6. The summed E-state index contributed by atoms with van der Waals surface area (Å²) in [5.41, 5.74) is 2.38. The van der Waals surface area contributed by atoms with Gasteiger partial charge in [0.05, 0.1) is 5.52 Å². The molecular formula is C32H33F2N7O5. The van der Waals surface area contributed by atoms with Crippen LogP contribution in [0.1, 0.15) is 34.5 Å². The summed E-state index contributed by atoms with van der Waals surface area (Å²) in [5, 5.41) is 20.1. The molecule has 4 aromatic rings. The number of hydrogen-bond donors (Lipinski definition) is 4. The summed E-state index contributed by atoms with van der Waals surface area (Å²) in [6.45, 7) is 3.31. The summed E-state index contributed by atoms with van der Waals surface area (Å²) in [6.07, 6.45) is 1.76. The number of amides is 4. The van der Waals surface area contributed by atoms with E-state index in [1.807, 2.05) is 4.90 Å². The van der Waals surface area contributed by atoms with Crippen molar-refractivity contribution in [1.82, 2.24) is 30.2 Å². The van der Waals surface area contributed by atoms with E-state index in [4.69, 9.17) is 9.90 Å². The molecule has 3 aliphatic rings. The number of halogens is 2. The zero-order chi connectivity index (χ0) is 32.6. The highest BCUT2D eigenvalue weighted by Gasteiger charge is 2.34. The van der Waals surface area contributed by atoms with Gasteiger partial charge in [-0.2, -0.15) is 9.78 Å². The molecule has 46 heavy (non-hydrogen) atoms. The Kier molecular flexibility index (Phi) is 10.2. The number of aromatic nitrogens is 2. The molecule has 1 aromatic heterocycles. The van der Waals surface area contributed by atoms with E-state index in [0.29, 0.717) is 28.7 Å². The SMILES string of the molecule is O=C(NCc1ccc(F)cc1)Nc1ccc2c(c1)c(C(=O)N1CCN3CCC1CC3)nn2C(=O)NCc1ccc(F)cc1.O=CO. The summed E-state index contributed by atoms with van der Waals surface area (Å²) >= 11 is 0. The lowest BCUT2D eigenvalue weighted by molar-refractivity contribution is -0.122. The first-order valence-electron chi connectivity index (χ1n) is 14.7. The predicted molar refractivity (Wildman–Crippen MR) is 165 cm³/mol. The molecule has 0 aliphatic carbocycles. The maximum atomic E-state index is 14.0. The smallest absolute Gasteiger partial charge is 0.342 e. The number of hydrogen-bond acceptors (Lipinski definition) is 6. The molecule has 0 saturated carbocycles. The van der Waals surface area contributed by atoms with Crippen LogP contribution in [0.15, 0.2) is 66.7 Å². The first kappa shape index (κ1) is 32.0. The van der Waals surface area contributed by atoms with E-state index in [1.54, 1.807) is 42.5 Å². The highest BCUT2D eigenvalue weighted by atomic mass is 19.1. The van der Waals surface area contributed by atoms with Gasteiger partial charge in [-0.05, 0) is 66.4 Å². The third-order valence-electron chi connectivity index (χ3n) is 7.97. The predicted octanol–water partition coefficient (Wildman–Crippen LogP) is 4.02. The van der Waals surface area contributed by atoms with E-state index < -0.39 is 12.1 Å². The number of nitrogens with one attached hydrogen (secondary N) is 3. The second-order valence-electron chi connectivity index (χ2n) is 10.9. The number of carboxylic acid groups (broad SMARTS) is 1. The normalized spacial score (nSPS) is 17.0. The number of carbonyl (C=O) groups is 4. The van der Waals surface area contributed by atoms with Crippen molar-refractivity contribution in [2.75, 3.05) is 31.5 Å². The van der Waals surface area contributed by atoms with Gasteiger partial charge in [0.2, 0.25) is 0 Å². The first-order chi connectivity index (χ1) is 22.2. The van der Waals surface area contributed by atoms with E-state index in [-0.39, 0.29) is 48.8 Å². The molecule has 0 unspecified atom stereocenters. The zero-order valence-corrected chi connectivity index (χ0v) is 24.8. The average Bonchev–Trinajstić information content (AvgIpc) is 3.17. The number of urea groups is 1. The van der Waals surface area contributed by atoms with Crippen molar-refractivity contribution in [1.29, 1.82) is 0 Å². The third kappa shape index (κ3) is 7.64. The van der Waals surface area contributed by atoms with Gasteiger partial charge in [0, 0.05) is 56.4 Å². The molecule has 7 rings (SSSR count). The Balaban J connectivity index is 0.00000134. The largest absolute Gasteiger partial charge is 0.483 e. The van der Waals surface area contributed by atoms with Gasteiger partial charge < -0.3 is 30.9 Å². The summed E-state index contributed by atoms with van der Waals surface area (Å²) in [5.74, 6) is -0.993. The molecule has 0 radical (unpaired) electrons. The summed E-state index contributed by atoms with van der Waals surface area (Å²) in [7, 11) is 0. The Morgan fingerprint density at radius 1 is 0.848 bits per heavy atom. The van der Waals surface area contributed by atoms with Crippen LogP contribution in [0.2, 0.25) is 0 Å². The van der Waals surface area contributed by atoms with Gasteiger partial charge in [-0.15, -0.1) is 0 Å². The number of nitrogens with zero attached hydrogens (tertiary/aromatic N) is 4. The molecule has 4 heterocycles. The number of fused-ring (bicyclic) bond motifs is 5. The van der Waals surface area contributed by atoms with Crippen LogP contribution in [0.3, 0.4) is 0 Å². The maximum absolute atomic E-state index is 14.0. The maximum Gasteiger partial charge on any atom is 0.342 e. The molecule has 3 fully saturated rings. The lowest BCUT2D eigenvalue weighted by Crippen LogP contribution is -2.42. The zero-order valence-electron chi connectivity index (χ0n) is 24.8. The first-order valence-corrected chi connectivity index (χ1v) is 14.7. The fourth-order valence-corrected chi connectivity index (χ4v) is 5.61.